The molecule has 1 aromatic rings. The van der Waals surface area contributed by atoms with E-state index in [1.54, 1.807) is 0 Å². The minimum absolute atomic E-state index is 0.442. The molecule has 0 unspecified atom stereocenters. The van der Waals surface area contributed by atoms with E-state index < -0.39 is 0 Å². The molecule has 0 radical (unpaired) electrons. The lowest BCUT2D eigenvalue weighted by atomic mass is 10.2. The molecule has 0 atom stereocenters. The van der Waals surface area contributed by atoms with Crippen LogP contribution in [0.2, 0.25) is 0 Å². The molecule has 0 spiro atoms. The number of aldehydes is 1. The minimum Gasteiger partial charge on any atom is -0.490 e. The highest BCUT2D eigenvalue weighted by Crippen LogP contribution is 2.26. The van der Waals surface area contributed by atoms with Crippen LogP contribution in [-0.4, -0.2) is 12.4 Å². The van der Waals surface area contributed by atoms with Crippen molar-refractivity contribution in [2.45, 2.75) is 25.4 Å². The van der Waals surface area contributed by atoms with Gasteiger partial charge in [-0.2, -0.15) is 0 Å². The lowest BCUT2D eigenvalue weighted by Crippen LogP contribution is -1.95. The van der Waals surface area contributed by atoms with Crippen molar-refractivity contribution in [3.8, 4) is 5.75 Å². The van der Waals surface area contributed by atoms with E-state index in [1.807, 2.05) is 24.3 Å². The van der Waals surface area contributed by atoms with E-state index in [2.05, 4.69) is 0 Å². The molecule has 0 amide bonds. The smallest absolute Gasteiger partial charge is 0.124 e. The zero-order valence-corrected chi connectivity index (χ0v) is 7.40. The summed E-state index contributed by atoms with van der Waals surface area (Å²) in [5, 5.41) is 0. The van der Waals surface area contributed by atoms with Crippen LogP contribution in [0, 0.1) is 0 Å². The minimum atomic E-state index is 0.442. The highest BCUT2D eigenvalue weighted by molar-refractivity contribution is 5.55. The fraction of sp³-hybridized carbons (Fsp3) is 0.364. The summed E-state index contributed by atoms with van der Waals surface area (Å²) < 4.78 is 5.57. The lowest BCUT2D eigenvalue weighted by molar-refractivity contribution is -0.107. The Morgan fingerprint density at radius 1 is 1.31 bits per heavy atom. The monoisotopic (exact) mass is 176 g/mol. The molecule has 0 heterocycles. The molecule has 13 heavy (non-hydrogen) atoms. The average molecular weight is 176 g/mol. The van der Waals surface area contributed by atoms with Crippen molar-refractivity contribution in [1.29, 1.82) is 0 Å². The van der Waals surface area contributed by atoms with Crippen LogP contribution >= 0.6 is 0 Å². The maximum atomic E-state index is 10.2. The zero-order chi connectivity index (χ0) is 9.10. The van der Waals surface area contributed by atoms with Gasteiger partial charge in [0.15, 0.2) is 0 Å². The molecule has 1 fully saturated rings. The molecule has 68 valence electrons. The van der Waals surface area contributed by atoms with Gasteiger partial charge in [-0.3, -0.25) is 0 Å². The third-order valence-electron chi connectivity index (χ3n) is 2.07. The SMILES string of the molecule is O=CCc1ccc(OC2CC2)cc1. The van der Waals surface area contributed by atoms with Crippen LogP contribution in [0.1, 0.15) is 18.4 Å². The second-order valence-corrected chi connectivity index (χ2v) is 3.33. The summed E-state index contributed by atoms with van der Waals surface area (Å²) in [6.07, 6.45) is 4.20. The fourth-order valence-electron chi connectivity index (χ4n) is 1.18. The quantitative estimate of drug-likeness (QED) is 0.655. The van der Waals surface area contributed by atoms with E-state index in [1.165, 1.54) is 12.8 Å². The van der Waals surface area contributed by atoms with Crippen molar-refractivity contribution in [3.63, 3.8) is 0 Å². The Hall–Kier alpha value is -1.31. The van der Waals surface area contributed by atoms with E-state index in [0.29, 0.717) is 12.5 Å². The highest BCUT2D eigenvalue weighted by atomic mass is 16.5. The van der Waals surface area contributed by atoms with Gasteiger partial charge in [-0.25, -0.2) is 0 Å². The van der Waals surface area contributed by atoms with Gasteiger partial charge in [-0.1, -0.05) is 12.1 Å². The maximum absolute atomic E-state index is 10.2. The molecular weight excluding hydrogens is 164 g/mol. The van der Waals surface area contributed by atoms with Gasteiger partial charge < -0.3 is 9.53 Å². The summed E-state index contributed by atoms with van der Waals surface area (Å²) in [5.41, 5.74) is 1.04. The van der Waals surface area contributed by atoms with Gasteiger partial charge in [0.2, 0.25) is 0 Å². The summed E-state index contributed by atoms with van der Waals surface area (Å²) >= 11 is 0. The van der Waals surface area contributed by atoms with Crippen molar-refractivity contribution >= 4 is 6.29 Å². The Balaban J connectivity index is 1.99. The molecule has 0 aliphatic heterocycles. The molecule has 0 bridgehead atoms. The van der Waals surface area contributed by atoms with Crippen molar-refractivity contribution in [2.75, 3.05) is 0 Å². The molecule has 1 aromatic carbocycles. The molecule has 0 aromatic heterocycles. The highest BCUT2D eigenvalue weighted by Gasteiger charge is 2.23. The average Bonchev–Trinajstić information content (AvgIpc) is 2.93. The lowest BCUT2D eigenvalue weighted by Gasteiger charge is -2.03. The first-order chi connectivity index (χ1) is 6.38. The van der Waals surface area contributed by atoms with Crippen LogP contribution in [0.25, 0.3) is 0 Å². The molecular formula is C11H12O2. The van der Waals surface area contributed by atoms with E-state index >= 15 is 0 Å². The van der Waals surface area contributed by atoms with E-state index in [9.17, 15) is 4.79 Å². The summed E-state index contributed by atoms with van der Waals surface area (Å²) in [6.45, 7) is 0. The second kappa shape index (κ2) is 3.60. The van der Waals surface area contributed by atoms with Crippen LogP contribution in [0.4, 0.5) is 0 Å². The Morgan fingerprint density at radius 3 is 2.54 bits per heavy atom. The van der Waals surface area contributed by atoms with Crippen LogP contribution in [0.5, 0.6) is 5.75 Å². The Morgan fingerprint density at radius 2 is 2.00 bits per heavy atom. The zero-order valence-electron chi connectivity index (χ0n) is 7.40. The predicted molar refractivity (Wildman–Crippen MR) is 49.9 cm³/mol. The molecule has 0 saturated heterocycles. The van der Waals surface area contributed by atoms with Gasteiger partial charge in [0, 0.05) is 6.42 Å². The molecule has 2 nitrogen and oxygen atoms in total. The first kappa shape index (κ1) is 8.30. The van der Waals surface area contributed by atoms with E-state index in [0.717, 1.165) is 17.6 Å². The topological polar surface area (TPSA) is 26.3 Å². The number of carbonyl (C=O) groups excluding carboxylic acids is 1. The van der Waals surface area contributed by atoms with Gasteiger partial charge in [0.25, 0.3) is 0 Å². The number of hydrogen-bond acceptors (Lipinski definition) is 2. The molecule has 1 aliphatic carbocycles. The van der Waals surface area contributed by atoms with Crippen LogP contribution in [0.3, 0.4) is 0 Å². The van der Waals surface area contributed by atoms with Crippen molar-refractivity contribution in [2.24, 2.45) is 0 Å². The first-order valence-electron chi connectivity index (χ1n) is 4.58. The second-order valence-electron chi connectivity index (χ2n) is 3.33. The first-order valence-corrected chi connectivity index (χ1v) is 4.58. The van der Waals surface area contributed by atoms with Crippen molar-refractivity contribution < 1.29 is 9.53 Å². The van der Waals surface area contributed by atoms with E-state index in [4.69, 9.17) is 4.74 Å². The summed E-state index contributed by atoms with van der Waals surface area (Å²) in [6, 6.07) is 7.73. The maximum Gasteiger partial charge on any atom is 0.124 e. The Labute approximate surface area is 77.5 Å². The normalized spacial score (nSPS) is 15.4. The number of hydrogen-bond donors (Lipinski definition) is 0. The van der Waals surface area contributed by atoms with Gasteiger partial charge in [-0.05, 0) is 30.5 Å². The number of carbonyl (C=O) groups is 1. The Kier molecular flexibility index (Phi) is 2.30. The third kappa shape index (κ3) is 2.31. The summed E-state index contributed by atoms with van der Waals surface area (Å²) in [7, 11) is 0. The van der Waals surface area contributed by atoms with Crippen LogP contribution in [0.15, 0.2) is 24.3 Å². The molecule has 1 saturated carbocycles. The number of benzene rings is 1. The molecule has 0 N–H and O–H groups in total. The fourth-order valence-corrected chi connectivity index (χ4v) is 1.18. The van der Waals surface area contributed by atoms with Crippen molar-refractivity contribution in [1.82, 2.24) is 0 Å². The summed E-state index contributed by atoms with van der Waals surface area (Å²) in [4.78, 5) is 10.2. The van der Waals surface area contributed by atoms with Gasteiger partial charge >= 0.3 is 0 Å². The van der Waals surface area contributed by atoms with Gasteiger partial charge in [0.1, 0.15) is 12.0 Å². The largest absolute Gasteiger partial charge is 0.490 e. The molecule has 2 heteroatoms. The summed E-state index contributed by atoms with van der Waals surface area (Å²) in [5.74, 6) is 0.914. The van der Waals surface area contributed by atoms with Gasteiger partial charge in [-0.15, -0.1) is 0 Å². The number of rotatable bonds is 4. The van der Waals surface area contributed by atoms with Crippen LogP contribution < -0.4 is 4.74 Å². The van der Waals surface area contributed by atoms with Crippen LogP contribution in [-0.2, 0) is 11.2 Å². The standard InChI is InChI=1S/C11H12O2/c12-8-7-9-1-3-10(4-2-9)13-11-5-6-11/h1-4,8,11H,5-7H2. The Bertz CT molecular complexity index is 285. The number of ether oxygens (including phenoxy) is 1. The molecule has 2 rings (SSSR count). The van der Waals surface area contributed by atoms with E-state index in [-0.39, 0.29) is 0 Å². The van der Waals surface area contributed by atoms with Crippen molar-refractivity contribution in [3.05, 3.63) is 29.8 Å². The molecule has 1 aliphatic rings. The van der Waals surface area contributed by atoms with Gasteiger partial charge in [0.05, 0.1) is 6.10 Å². The predicted octanol–water partition coefficient (Wildman–Crippen LogP) is 1.97. The third-order valence-corrected chi connectivity index (χ3v) is 2.07.